The summed E-state index contributed by atoms with van der Waals surface area (Å²) in [6.07, 6.45) is 0. The minimum atomic E-state index is -4.23. The number of halogens is 2. The minimum Gasteiger partial charge on any atom is -0.494 e. The normalized spacial score (nSPS) is 13.0. The Hall–Kier alpha value is -0.870. The lowest BCUT2D eigenvalue weighted by molar-refractivity contribution is -0.139. The Balaban J connectivity index is 3.32. The second-order valence-electron chi connectivity index (χ2n) is 3.61. The third-order valence-corrected chi connectivity index (χ3v) is 4.53. The highest BCUT2D eigenvalue weighted by atomic mass is 79.9. The molecule has 0 fully saturated rings. The van der Waals surface area contributed by atoms with Gasteiger partial charge in [-0.2, -0.15) is 4.72 Å². The predicted molar refractivity (Wildman–Crippen MR) is 74.5 cm³/mol. The largest absolute Gasteiger partial charge is 0.494 e. The van der Waals surface area contributed by atoms with Gasteiger partial charge in [-0.1, -0.05) is 11.6 Å². The highest BCUT2D eigenvalue weighted by molar-refractivity contribution is 9.10. The standard InChI is InChI=1S/C10H11BrClNO6S/c1-19-9-6(11)2-5(12)3-8(9)20(17,18)13-7(4-14)10(15)16/h2-3,7,13-14H,4H2,1H3,(H,15,16)/t7-/m0/s1. The van der Waals surface area contributed by atoms with Crippen molar-refractivity contribution < 1.29 is 28.2 Å². The summed E-state index contributed by atoms with van der Waals surface area (Å²) in [7, 11) is -2.98. The molecule has 0 heterocycles. The maximum Gasteiger partial charge on any atom is 0.324 e. The maximum atomic E-state index is 12.1. The number of aliphatic hydroxyl groups is 1. The van der Waals surface area contributed by atoms with E-state index in [2.05, 4.69) is 15.9 Å². The highest BCUT2D eigenvalue weighted by Crippen LogP contribution is 2.35. The molecule has 0 spiro atoms. The second kappa shape index (κ2) is 6.72. The smallest absolute Gasteiger partial charge is 0.324 e. The average Bonchev–Trinajstić information content (AvgIpc) is 2.34. The van der Waals surface area contributed by atoms with Crippen LogP contribution in [-0.4, -0.2) is 44.4 Å². The number of rotatable bonds is 6. The second-order valence-corrected chi connectivity index (χ2v) is 6.59. The van der Waals surface area contributed by atoms with Gasteiger partial charge in [-0.05, 0) is 28.1 Å². The summed E-state index contributed by atoms with van der Waals surface area (Å²) < 4.78 is 31.4. The number of hydrogen-bond acceptors (Lipinski definition) is 5. The van der Waals surface area contributed by atoms with E-state index in [1.165, 1.54) is 13.2 Å². The zero-order valence-electron chi connectivity index (χ0n) is 10.1. The molecule has 10 heteroatoms. The number of sulfonamides is 1. The monoisotopic (exact) mass is 387 g/mol. The lowest BCUT2D eigenvalue weighted by Crippen LogP contribution is -2.43. The fraction of sp³-hybridized carbons (Fsp3) is 0.300. The van der Waals surface area contributed by atoms with Crippen LogP contribution in [0.3, 0.4) is 0 Å². The van der Waals surface area contributed by atoms with Crippen LogP contribution < -0.4 is 9.46 Å². The summed E-state index contributed by atoms with van der Waals surface area (Å²) >= 11 is 8.87. The van der Waals surface area contributed by atoms with Crippen LogP contribution in [0.25, 0.3) is 0 Å². The maximum absolute atomic E-state index is 12.1. The van der Waals surface area contributed by atoms with Crippen LogP contribution in [0.2, 0.25) is 5.02 Å². The van der Waals surface area contributed by atoms with Crippen LogP contribution in [-0.2, 0) is 14.8 Å². The van der Waals surface area contributed by atoms with Gasteiger partial charge in [0.1, 0.15) is 10.9 Å². The molecule has 0 unspecified atom stereocenters. The minimum absolute atomic E-state index is 0.0241. The molecule has 0 bridgehead atoms. The molecule has 0 saturated carbocycles. The number of ether oxygens (including phenoxy) is 1. The van der Waals surface area contributed by atoms with Crippen LogP contribution in [0.4, 0.5) is 0 Å². The Kier molecular flexibility index (Phi) is 5.78. The van der Waals surface area contributed by atoms with Crippen molar-refractivity contribution in [3.05, 3.63) is 21.6 Å². The summed E-state index contributed by atoms with van der Waals surface area (Å²) in [5.41, 5.74) is 0. The van der Waals surface area contributed by atoms with Gasteiger partial charge in [0.15, 0.2) is 5.75 Å². The molecule has 1 atom stereocenters. The topological polar surface area (TPSA) is 113 Å². The first-order valence-electron chi connectivity index (χ1n) is 5.12. The summed E-state index contributed by atoms with van der Waals surface area (Å²) in [5.74, 6) is -1.53. The highest BCUT2D eigenvalue weighted by Gasteiger charge is 2.28. The molecule has 0 aromatic heterocycles. The van der Waals surface area contributed by atoms with E-state index in [1.54, 1.807) is 0 Å². The summed E-state index contributed by atoms with van der Waals surface area (Å²) in [4.78, 5) is 10.4. The number of carbonyl (C=O) groups is 1. The summed E-state index contributed by atoms with van der Waals surface area (Å²) in [6, 6.07) is 0.881. The molecule has 0 saturated heterocycles. The summed E-state index contributed by atoms with van der Waals surface area (Å²) in [5, 5.41) is 17.8. The van der Waals surface area contributed by atoms with Gasteiger partial charge in [-0.3, -0.25) is 4.79 Å². The van der Waals surface area contributed by atoms with E-state index in [-0.39, 0.29) is 15.7 Å². The fourth-order valence-electron chi connectivity index (χ4n) is 1.35. The average molecular weight is 389 g/mol. The van der Waals surface area contributed by atoms with E-state index < -0.39 is 28.6 Å². The van der Waals surface area contributed by atoms with Crippen molar-refractivity contribution in [3.63, 3.8) is 0 Å². The number of hydrogen-bond donors (Lipinski definition) is 3. The zero-order chi connectivity index (χ0) is 15.5. The first kappa shape index (κ1) is 17.2. The molecular formula is C10H11BrClNO6S. The molecule has 3 N–H and O–H groups in total. The molecule has 7 nitrogen and oxygen atoms in total. The van der Waals surface area contributed by atoms with Gasteiger partial charge in [0, 0.05) is 5.02 Å². The first-order chi connectivity index (χ1) is 9.22. The van der Waals surface area contributed by atoms with Gasteiger partial charge in [0.05, 0.1) is 18.2 Å². The molecule has 0 aliphatic rings. The Labute approximate surface area is 128 Å². The number of methoxy groups -OCH3 is 1. The number of carboxylic acid groups (broad SMARTS) is 1. The van der Waals surface area contributed by atoms with E-state index in [0.29, 0.717) is 4.47 Å². The van der Waals surface area contributed by atoms with Crippen molar-refractivity contribution in [1.82, 2.24) is 4.72 Å². The lowest BCUT2D eigenvalue weighted by atomic mass is 10.3. The number of aliphatic carboxylic acids is 1. The van der Waals surface area contributed by atoms with Crippen LogP contribution >= 0.6 is 27.5 Å². The molecule has 112 valence electrons. The third kappa shape index (κ3) is 3.83. The number of benzene rings is 1. The lowest BCUT2D eigenvalue weighted by Gasteiger charge is -2.15. The Morgan fingerprint density at radius 1 is 1.55 bits per heavy atom. The molecule has 0 aliphatic carbocycles. The summed E-state index contributed by atoms with van der Waals surface area (Å²) in [6.45, 7) is -0.890. The molecule has 0 amide bonds. The predicted octanol–water partition coefficient (Wildman–Crippen LogP) is 0.835. The van der Waals surface area contributed by atoms with Gasteiger partial charge < -0.3 is 14.9 Å². The molecule has 1 aromatic carbocycles. The van der Waals surface area contributed by atoms with E-state index >= 15 is 0 Å². The van der Waals surface area contributed by atoms with E-state index in [4.69, 9.17) is 26.6 Å². The van der Waals surface area contributed by atoms with Gasteiger partial charge in [-0.15, -0.1) is 0 Å². The Morgan fingerprint density at radius 2 is 2.15 bits per heavy atom. The Morgan fingerprint density at radius 3 is 2.60 bits per heavy atom. The number of nitrogens with one attached hydrogen (secondary N) is 1. The van der Waals surface area contributed by atoms with E-state index in [0.717, 1.165) is 6.07 Å². The van der Waals surface area contributed by atoms with Crippen molar-refractivity contribution in [1.29, 1.82) is 0 Å². The van der Waals surface area contributed by atoms with Crippen LogP contribution in [0.5, 0.6) is 5.75 Å². The Bertz CT molecular complexity index is 620. The van der Waals surface area contributed by atoms with Crippen molar-refractivity contribution in [2.24, 2.45) is 0 Å². The van der Waals surface area contributed by atoms with Crippen molar-refractivity contribution in [2.45, 2.75) is 10.9 Å². The molecule has 1 rings (SSSR count). The molecule has 20 heavy (non-hydrogen) atoms. The van der Waals surface area contributed by atoms with Crippen molar-refractivity contribution in [3.8, 4) is 5.75 Å². The van der Waals surface area contributed by atoms with E-state index in [1.807, 2.05) is 4.72 Å². The number of carboxylic acids is 1. The van der Waals surface area contributed by atoms with Crippen molar-refractivity contribution in [2.75, 3.05) is 13.7 Å². The first-order valence-corrected chi connectivity index (χ1v) is 7.77. The number of aliphatic hydroxyl groups excluding tert-OH is 1. The third-order valence-electron chi connectivity index (χ3n) is 2.25. The van der Waals surface area contributed by atoms with E-state index in [9.17, 15) is 13.2 Å². The van der Waals surface area contributed by atoms with Gasteiger partial charge >= 0.3 is 5.97 Å². The van der Waals surface area contributed by atoms with Crippen LogP contribution in [0.15, 0.2) is 21.5 Å². The van der Waals surface area contributed by atoms with Crippen LogP contribution in [0.1, 0.15) is 0 Å². The van der Waals surface area contributed by atoms with Crippen molar-refractivity contribution >= 4 is 43.5 Å². The van der Waals surface area contributed by atoms with Crippen LogP contribution in [0, 0.1) is 0 Å². The molecular weight excluding hydrogens is 378 g/mol. The zero-order valence-corrected chi connectivity index (χ0v) is 13.3. The van der Waals surface area contributed by atoms with Gasteiger partial charge in [0.25, 0.3) is 0 Å². The molecule has 0 radical (unpaired) electrons. The van der Waals surface area contributed by atoms with Gasteiger partial charge in [-0.25, -0.2) is 8.42 Å². The molecule has 0 aliphatic heterocycles. The fourth-order valence-corrected chi connectivity index (χ4v) is 3.92. The van der Waals surface area contributed by atoms with Gasteiger partial charge in [0.2, 0.25) is 10.0 Å². The molecule has 1 aromatic rings. The quantitative estimate of drug-likeness (QED) is 0.665. The SMILES string of the molecule is COc1c(Br)cc(Cl)cc1S(=O)(=O)N[C@@H](CO)C(=O)O.